The lowest BCUT2D eigenvalue weighted by molar-refractivity contribution is 0.155. The molecular weight excluding hydrogens is 437 g/mol. The van der Waals surface area contributed by atoms with E-state index in [4.69, 9.17) is 16.3 Å². The highest BCUT2D eigenvalue weighted by molar-refractivity contribution is 9.10. The van der Waals surface area contributed by atoms with E-state index in [0.717, 1.165) is 36.9 Å². The zero-order valence-corrected chi connectivity index (χ0v) is 16.1. The van der Waals surface area contributed by atoms with Crippen molar-refractivity contribution in [3.8, 4) is 5.75 Å². The molecule has 2 unspecified atom stereocenters. The zero-order chi connectivity index (χ0) is 15.0. The van der Waals surface area contributed by atoms with Gasteiger partial charge in [0.2, 0.25) is 0 Å². The van der Waals surface area contributed by atoms with Crippen LogP contribution < -0.4 is 10.1 Å². The molecule has 0 fully saturated rings. The third kappa shape index (κ3) is 3.32. The van der Waals surface area contributed by atoms with Crippen molar-refractivity contribution in [1.29, 1.82) is 0 Å². The first-order chi connectivity index (χ1) is 10.1. The molecular formula is C15H14Br2ClNOS. The number of halogens is 3. The van der Waals surface area contributed by atoms with E-state index in [1.165, 1.54) is 5.56 Å². The smallest absolute Gasteiger partial charge is 0.135 e. The third-order valence-electron chi connectivity index (χ3n) is 3.50. The van der Waals surface area contributed by atoms with Gasteiger partial charge >= 0.3 is 0 Å². The topological polar surface area (TPSA) is 21.3 Å². The summed E-state index contributed by atoms with van der Waals surface area (Å²) in [6.45, 7) is 3.06. The Kier molecular flexibility index (Phi) is 4.96. The molecule has 1 aliphatic rings. The SMILES string of the molecule is CCNC1CC(c2cc(Br)c(Cl)s2)Oc2cc(Br)ccc21. The van der Waals surface area contributed by atoms with Crippen molar-refractivity contribution in [3.05, 3.63) is 48.0 Å². The van der Waals surface area contributed by atoms with Gasteiger partial charge in [-0.2, -0.15) is 0 Å². The first-order valence-corrected chi connectivity index (χ1v) is 9.50. The largest absolute Gasteiger partial charge is 0.484 e. The maximum Gasteiger partial charge on any atom is 0.135 e. The van der Waals surface area contributed by atoms with Gasteiger partial charge in [-0.15, -0.1) is 11.3 Å². The Morgan fingerprint density at radius 2 is 2.19 bits per heavy atom. The second-order valence-corrected chi connectivity index (χ2v) is 8.36. The fourth-order valence-corrected chi connectivity index (χ4v) is 4.70. The number of hydrogen-bond acceptors (Lipinski definition) is 3. The summed E-state index contributed by atoms with van der Waals surface area (Å²) in [5.74, 6) is 0.937. The van der Waals surface area contributed by atoms with Crippen molar-refractivity contribution in [2.24, 2.45) is 0 Å². The van der Waals surface area contributed by atoms with Crippen LogP contribution in [0.2, 0.25) is 4.34 Å². The predicted molar refractivity (Wildman–Crippen MR) is 95.6 cm³/mol. The Morgan fingerprint density at radius 3 is 2.86 bits per heavy atom. The summed E-state index contributed by atoms with van der Waals surface area (Å²) in [4.78, 5) is 1.15. The average molecular weight is 452 g/mol. The molecule has 21 heavy (non-hydrogen) atoms. The van der Waals surface area contributed by atoms with Crippen LogP contribution in [0.5, 0.6) is 5.75 Å². The molecule has 6 heteroatoms. The van der Waals surface area contributed by atoms with Crippen molar-refractivity contribution in [3.63, 3.8) is 0 Å². The van der Waals surface area contributed by atoms with Crippen LogP contribution in [0.15, 0.2) is 33.2 Å². The zero-order valence-electron chi connectivity index (χ0n) is 11.3. The molecule has 2 nitrogen and oxygen atoms in total. The van der Waals surface area contributed by atoms with E-state index in [1.54, 1.807) is 11.3 Å². The Balaban J connectivity index is 1.96. The lowest BCUT2D eigenvalue weighted by Crippen LogP contribution is -2.28. The summed E-state index contributed by atoms with van der Waals surface area (Å²) in [6.07, 6.45) is 0.941. The molecule has 112 valence electrons. The Morgan fingerprint density at radius 1 is 1.38 bits per heavy atom. The number of nitrogens with one attached hydrogen (secondary N) is 1. The monoisotopic (exact) mass is 449 g/mol. The number of fused-ring (bicyclic) bond motifs is 1. The molecule has 1 aromatic carbocycles. The minimum absolute atomic E-state index is 0.0321. The van der Waals surface area contributed by atoms with Gasteiger partial charge in [0, 0.05) is 31.8 Å². The molecule has 1 aromatic heterocycles. The van der Waals surface area contributed by atoms with Crippen molar-refractivity contribution in [1.82, 2.24) is 5.32 Å². The predicted octanol–water partition coefficient (Wildman–Crippen LogP) is 6.10. The van der Waals surface area contributed by atoms with Gasteiger partial charge in [-0.1, -0.05) is 40.5 Å². The van der Waals surface area contributed by atoms with E-state index in [0.29, 0.717) is 6.04 Å². The van der Waals surface area contributed by atoms with Gasteiger partial charge in [-0.25, -0.2) is 0 Å². The van der Waals surface area contributed by atoms with E-state index in [-0.39, 0.29) is 6.10 Å². The number of thiophene rings is 1. The summed E-state index contributed by atoms with van der Waals surface area (Å²) in [5.41, 5.74) is 1.22. The van der Waals surface area contributed by atoms with E-state index in [2.05, 4.69) is 62.3 Å². The number of benzene rings is 1. The van der Waals surface area contributed by atoms with Crippen LogP contribution in [-0.4, -0.2) is 6.54 Å². The Labute approximate surface area is 150 Å². The first-order valence-electron chi connectivity index (χ1n) is 6.72. The third-order valence-corrected chi connectivity index (χ3v) is 6.56. The molecule has 0 amide bonds. The lowest BCUT2D eigenvalue weighted by atomic mass is 9.96. The number of ether oxygens (including phenoxy) is 1. The molecule has 0 spiro atoms. The summed E-state index contributed by atoms with van der Waals surface area (Å²) >= 11 is 14.7. The van der Waals surface area contributed by atoms with Crippen LogP contribution >= 0.6 is 54.8 Å². The molecule has 1 aliphatic heterocycles. The highest BCUT2D eigenvalue weighted by Gasteiger charge is 2.30. The molecule has 3 rings (SSSR count). The summed E-state index contributed by atoms with van der Waals surface area (Å²) in [5, 5.41) is 3.55. The normalized spacial score (nSPS) is 21.0. The van der Waals surface area contributed by atoms with Gasteiger partial charge in [-0.3, -0.25) is 0 Å². The fraction of sp³-hybridized carbons (Fsp3) is 0.333. The molecule has 0 bridgehead atoms. The fourth-order valence-electron chi connectivity index (χ4n) is 2.58. The Bertz CT molecular complexity index is 642. The molecule has 2 aromatic rings. The van der Waals surface area contributed by atoms with Gasteiger partial charge in [0.05, 0.1) is 0 Å². The van der Waals surface area contributed by atoms with Gasteiger partial charge in [0.25, 0.3) is 0 Å². The average Bonchev–Trinajstić information content (AvgIpc) is 2.78. The minimum atomic E-state index is 0.0321. The highest BCUT2D eigenvalue weighted by atomic mass is 79.9. The molecule has 2 atom stereocenters. The molecule has 1 N–H and O–H groups in total. The summed E-state index contributed by atoms with van der Waals surface area (Å²) in [7, 11) is 0. The van der Waals surface area contributed by atoms with Crippen molar-refractivity contribution >= 4 is 54.8 Å². The van der Waals surface area contributed by atoms with Crippen LogP contribution in [0.25, 0.3) is 0 Å². The Hall–Kier alpha value is -0.0700. The maximum absolute atomic E-state index is 6.20. The molecule has 0 radical (unpaired) electrons. The van der Waals surface area contributed by atoms with E-state index < -0.39 is 0 Å². The van der Waals surface area contributed by atoms with E-state index in [1.807, 2.05) is 6.07 Å². The van der Waals surface area contributed by atoms with Crippen LogP contribution in [0.4, 0.5) is 0 Å². The molecule has 0 saturated carbocycles. The number of hydrogen-bond donors (Lipinski definition) is 1. The highest BCUT2D eigenvalue weighted by Crippen LogP contribution is 2.45. The van der Waals surface area contributed by atoms with E-state index in [9.17, 15) is 0 Å². The van der Waals surface area contributed by atoms with Crippen molar-refractivity contribution in [2.45, 2.75) is 25.5 Å². The molecule has 2 heterocycles. The second-order valence-electron chi connectivity index (χ2n) is 4.91. The van der Waals surface area contributed by atoms with Crippen LogP contribution in [0.3, 0.4) is 0 Å². The summed E-state index contributed by atoms with van der Waals surface area (Å²) in [6, 6.07) is 8.59. The minimum Gasteiger partial charge on any atom is -0.484 e. The lowest BCUT2D eigenvalue weighted by Gasteiger charge is -2.32. The van der Waals surface area contributed by atoms with Gasteiger partial charge < -0.3 is 10.1 Å². The van der Waals surface area contributed by atoms with Gasteiger partial charge in [0.15, 0.2) is 0 Å². The van der Waals surface area contributed by atoms with Crippen LogP contribution in [0.1, 0.15) is 35.9 Å². The quantitative estimate of drug-likeness (QED) is 0.609. The van der Waals surface area contributed by atoms with Crippen molar-refractivity contribution < 1.29 is 4.74 Å². The van der Waals surface area contributed by atoms with Gasteiger partial charge in [0.1, 0.15) is 16.2 Å². The molecule has 0 saturated heterocycles. The molecule has 0 aliphatic carbocycles. The maximum atomic E-state index is 6.20. The van der Waals surface area contributed by atoms with Crippen LogP contribution in [-0.2, 0) is 0 Å². The van der Waals surface area contributed by atoms with Crippen molar-refractivity contribution in [2.75, 3.05) is 6.54 Å². The van der Waals surface area contributed by atoms with E-state index >= 15 is 0 Å². The first kappa shape index (κ1) is 15.8. The summed E-state index contributed by atoms with van der Waals surface area (Å²) < 4.78 is 8.94. The number of rotatable bonds is 3. The second kappa shape index (κ2) is 6.59. The standard InChI is InChI=1S/C15H14Br2ClNOS/c1-2-19-11-7-13(14-6-10(17)15(18)21-14)20-12-5-8(16)3-4-9(11)12/h3-6,11,13,19H,2,7H2,1H3. The van der Waals surface area contributed by atoms with Gasteiger partial charge in [-0.05, 0) is 40.7 Å². The van der Waals surface area contributed by atoms with Crippen LogP contribution in [0, 0.1) is 0 Å².